The average molecular weight is 305 g/mol. The monoisotopic (exact) mass is 305 g/mol. The van der Waals surface area contributed by atoms with Crippen LogP contribution in [0.15, 0.2) is 12.1 Å². The van der Waals surface area contributed by atoms with Gasteiger partial charge in [0.05, 0.1) is 18.4 Å². The summed E-state index contributed by atoms with van der Waals surface area (Å²) >= 11 is 1.38. The van der Waals surface area contributed by atoms with Crippen molar-refractivity contribution < 1.29 is 9.53 Å². The first-order valence-corrected chi connectivity index (χ1v) is 7.98. The molecule has 5 nitrogen and oxygen atoms in total. The van der Waals surface area contributed by atoms with Crippen LogP contribution in [0, 0.1) is 6.92 Å². The van der Waals surface area contributed by atoms with Gasteiger partial charge in [0.2, 0.25) is 0 Å². The number of morpholine rings is 1. The number of fused-ring (bicyclic) bond motifs is 1. The summed E-state index contributed by atoms with van der Waals surface area (Å²) in [6.07, 6.45) is 1.03. The fourth-order valence-electron chi connectivity index (χ4n) is 2.54. The summed E-state index contributed by atoms with van der Waals surface area (Å²) in [6, 6.07) is 3.86. The molecule has 1 saturated heterocycles. The number of aromatic nitrogens is 1. The molecule has 1 aliphatic heterocycles. The van der Waals surface area contributed by atoms with Crippen LogP contribution in [0.1, 0.15) is 28.7 Å². The molecule has 2 aromatic rings. The van der Waals surface area contributed by atoms with E-state index in [1.54, 1.807) is 0 Å². The average Bonchev–Trinajstić information content (AvgIpc) is 2.83. The van der Waals surface area contributed by atoms with Gasteiger partial charge in [-0.15, -0.1) is 11.3 Å². The molecule has 0 radical (unpaired) electrons. The Labute approximate surface area is 127 Å². The second-order valence-electron chi connectivity index (χ2n) is 5.30. The minimum absolute atomic E-state index is 0.00472. The number of hydrogen-bond donors (Lipinski definition) is 1. The molecular weight excluding hydrogens is 286 g/mol. The molecule has 0 bridgehead atoms. The Kier molecular flexibility index (Phi) is 3.82. The lowest BCUT2D eigenvalue weighted by atomic mass is 10.2. The summed E-state index contributed by atoms with van der Waals surface area (Å²) in [5.74, 6) is -0.00472. The standard InChI is InChI=1S/C15H19N3O2S/c1-3-10-8-18(6-7-20-10)15(19)13-12(16)11-5-4-9(2)17-14(11)21-13/h4-5,10H,3,6-8,16H2,1-2H3. The number of nitrogens with two attached hydrogens (primary N) is 1. The summed E-state index contributed by atoms with van der Waals surface area (Å²) in [5, 5.41) is 0.870. The lowest BCUT2D eigenvalue weighted by Gasteiger charge is -2.32. The Morgan fingerprint density at radius 2 is 2.38 bits per heavy atom. The van der Waals surface area contributed by atoms with Crippen molar-refractivity contribution in [3.8, 4) is 0 Å². The number of hydrogen-bond acceptors (Lipinski definition) is 5. The molecule has 0 aliphatic carbocycles. The van der Waals surface area contributed by atoms with Gasteiger partial charge in [0.25, 0.3) is 5.91 Å². The number of aryl methyl sites for hydroxylation is 1. The summed E-state index contributed by atoms with van der Waals surface area (Å²) < 4.78 is 5.61. The zero-order chi connectivity index (χ0) is 15.0. The van der Waals surface area contributed by atoms with Crippen molar-refractivity contribution in [3.63, 3.8) is 0 Å². The smallest absolute Gasteiger partial charge is 0.266 e. The second-order valence-corrected chi connectivity index (χ2v) is 6.30. The molecule has 112 valence electrons. The molecule has 0 spiro atoms. The first-order valence-electron chi connectivity index (χ1n) is 7.16. The molecule has 2 N–H and O–H groups in total. The molecule has 21 heavy (non-hydrogen) atoms. The quantitative estimate of drug-likeness (QED) is 0.925. The third-order valence-corrected chi connectivity index (χ3v) is 4.91. The van der Waals surface area contributed by atoms with Gasteiger partial charge in [-0.2, -0.15) is 0 Å². The largest absolute Gasteiger partial charge is 0.397 e. The maximum Gasteiger partial charge on any atom is 0.266 e. The minimum Gasteiger partial charge on any atom is -0.397 e. The maximum atomic E-state index is 12.7. The van der Waals surface area contributed by atoms with Gasteiger partial charge in [0.15, 0.2) is 0 Å². The van der Waals surface area contributed by atoms with Crippen LogP contribution in [-0.4, -0.2) is 41.6 Å². The van der Waals surface area contributed by atoms with E-state index < -0.39 is 0 Å². The third kappa shape index (κ3) is 2.61. The SMILES string of the molecule is CCC1CN(C(=O)c2sc3nc(C)ccc3c2N)CCO1. The zero-order valence-corrected chi connectivity index (χ0v) is 13.1. The summed E-state index contributed by atoms with van der Waals surface area (Å²) in [4.78, 5) is 20.4. The highest BCUT2D eigenvalue weighted by Crippen LogP contribution is 2.33. The van der Waals surface area contributed by atoms with Gasteiger partial charge in [0, 0.05) is 24.2 Å². The van der Waals surface area contributed by atoms with Gasteiger partial charge >= 0.3 is 0 Å². The van der Waals surface area contributed by atoms with Crippen molar-refractivity contribution >= 4 is 33.1 Å². The van der Waals surface area contributed by atoms with Crippen molar-refractivity contribution in [1.29, 1.82) is 0 Å². The lowest BCUT2D eigenvalue weighted by molar-refractivity contribution is -0.0224. The predicted octanol–water partition coefficient (Wildman–Crippen LogP) is 2.44. The van der Waals surface area contributed by atoms with Gasteiger partial charge in [-0.3, -0.25) is 4.79 Å². The molecule has 1 atom stereocenters. The first-order chi connectivity index (χ1) is 10.1. The first kappa shape index (κ1) is 14.3. The Morgan fingerprint density at radius 1 is 1.57 bits per heavy atom. The number of rotatable bonds is 2. The number of anilines is 1. The molecule has 3 rings (SSSR count). The van der Waals surface area contributed by atoms with Crippen LogP contribution >= 0.6 is 11.3 Å². The van der Waals surface area contributed by atoms with Crippen molar-refractivity contribution in [2.24, 2.45) is 0 Å². The molecule has 1 fully saturated rings. The molecule has 1 amide bonds. The normalized spacial score (nSPS) is 19.1. The van der Waals surface area contributed by atoms with Crippen molar-refractivity contribution in [2.45, 2.75) is 26.4 Å². The zero-order valence-electron chi connectivity index (χ0n) is 12.3. The summed E-state index contributed by atoms with van der Waals surface area (Å²) in [6.45, 7) is 5.85. The number of thiophene rings is 1. The van der Waals surface area contributed by atoms with Crippen LogP contribution in [0.5, 0.6) is 0 Å². The highest BCUT2D eigenvalue weighted by molar-refractivity contribution is 7.21. The molecule has 6 heteroatoms. The lowest BCUT2D eigenvalue weighted by Crippen LogP contribution is -2.45. The van der Waals surface area contributed by atoms with Crippen molar-refractivity contribution in [1.82, 2.24) is 9.88 Å². The van der Waals surface area contributed by atoms with E-state index in [9.17, 15) is 4.79 Å². The Morgan fingerprint density at radius 3 is 3.14 bits per heavy atom. The summed E-state index contributed by atoms with van der Waals surface area (Å²) in [5.41, 5.74) is 7.63. The van der Waals surface area contributed by atoms with E-state index in [0.717, 1.165) is 22.3 Å². The van der Waals surface area contributed by atoms with Crippen molar-refractivity contribution in [3.05, 3.63) is 22.7 Å². The minimum atomic E-state index is -0.00472. The van der Waals surface area contributed by atoms with Crippen LogP contribution < -0.4 is 5.73 Å². The van der Waals surface area contributed by atoms with E-state index in [1.807, 2.05) is 24.0 Å². The number of ether oxygens (including phenoxy) is 1. The molecule has 0 saturated carbocycles. The van der Waals surface area contributed by atoms with Crippen LogP contribution in [0.2, 0.25) is 0 Å². The Hall–Kier alpha value is -1.66. The van der Waals surface area contributed by atoms with Gasteiger partial charge in [-0.05, 0) is 25.5 Å². The number of amides is 1. The fourth-order valence-corrected chi connectivity index (χ4v) is 3.65. The van der Waals surface area contributed by atoms with Crippen LogP contribution in [0.4, 0.5) is 5.69 Å². The second kappa shape index (κ2) is 5.61. The topological polar surface area (TPSA) is 68.5 Å². The predicted molar refractivity (Wildman–Crippen MR) is 84.7 cm³/mol. The molecular formula is C15H19N3O2S. The van der Waals surface area contributed by atoms with E-state index in [1.165, 1.54) is 11.3 Å². The molecule has 1 unspecified atom stereocenters. The molecule has 0 aromatic carbocycles. The van der Waals surface area contributed by atoms with Crippen LogP contribution in [0.25, 0.3) is 10.2 Å². The van der Waals surface area contributed by atoms with E-state index in [0.29, 0.717) is 30.3 Å². The Bertz CT molecular complexity index is 683. The number of nitrogen functional groups attached to an aromatic ring is 1. The van der Waals surface area contributed by atoms with E-state index in [4.69, 9.17) is 10.5 Å². The van der Waals surface area contributed by atoms with E-state index in [-0.39, 0.29) is 12.0 Å². The van der Waals surface area contributed by atoms with E-state index in [2.05, 4.69) is 11.9 Å². The van der Waals surface area contributed by atoms with Gasteiger partial charge in [-0.1, -0.05) is 6.92 Å². The van der Waals surface area contributed by atoms with Gasteiger partial charge in [-0.25, -0.2) is 4.98 Å². The highest BCUT2D eigenvalue weighted by Gasteiger charge is 2.27. The Balaban J connectivity index is 1.92. The fraction of sp³-hybridized carbons (Fsp3) is 0.467. The number of pyridine rings is 1. The highest BCUT2D eigenvalue weighted by atomic mass is 32.1. The number of carbonyl (C=O) groups excluding carboxylic acids is 1. The van der Waals surface area contributed by atoms with Crippen LogP contribution in [-0.2, 0) is 4.74 Å². The van der Waals surface area contributed by atoms with Gasteiger partial charge < -0.3 is 15.4 Å². The van der Waals surface area contributed by atoms with Crippen molar-refractivity contribution in [2.75, 3.05) is 25.4 Å². The third-order valence-electron chi connectivity index (χ3n) is 3.81. The molecule has 3 heterocycles. The van der Waals surface area contributed by atoms with Crippen LogP contribution in [0.3, 0.4) is 0 Å². The number of carbonyl (C=O) groups is 1. The number of nitrogens with zero attached hydrogens (tertiary/aromatic N) is 2. The summed E-state index contributed by atoms with van der Waals surface area (Å²) in [7, 11) is 0. The molecule has 1 aliphatic rings. The maximum absolute atomic E-state index is 12.7. The molecule has 2 aromatic heterocycles. The van der Waals surface area contributed by atoms with E-state index >= 15 is 0 Å². The van der Waals surface area contributed by atoms with Gasteiger partial charge in [0.1, 0.15) is 9.71 Å².